The number of carboxylic acid groups (broad SMARTS) is 1. The number of piperidine rings is 1. The smallest absolute Gasteiger partial charge is 0.352 e. The van der Waals surface area contributed by atoms with Crippen LogP contribution in [-0.4, -0.2) is 122 Å². The molecule has 0 saturated carbocycles. The highest BCUT2D eigenvalue weighted by atomic mass is 35.5. The van der Waals surface area contributed by atoms with Crippen LogP contribution in [-0.2, 0) is 34.4 Å². The van der Waals surface area contributed by atoms with Crippen molar-refractivity contribution in [2.24, 2.45) is 7.05 Å². The van der Waals surface area contributed by atoms with E-state index in [-0.39, 0.29) is 47.9 Å². The Morgan fingerprint density at radius 2 is 1.58 bits per heavy atom. The average Bonchev–Trinajstić information content (AvgIpc) is 3.86. The zero-order chi connectivity index (χ0) is 46.4. The number of imide groups is 2. The van der Waals surface area contributed by atoms with Gasteiger partial charge in [0.1, 0.15) is 23.2 Å². The zero-order valence-electron chi connectivity index (χ0n) is 36.8. The molecule has 4 aromatic carbocycles. The number of rotatable bonds is 14. The Kier molecular flexibility index (Phi) is 12.1. The summed E-state index contributed by atoms with van der Waals surface area (Å²) in [7, 11) is 1.87. The first-order valence-electron chi connectivity index (χ1n) is 22.0. The molecule has 2 fully saturated rings. The van der Waals surface area contributed by atoms with Crippen molar-refractivity contribution in [2.45, 2.75) is 52.1 Å². The fourth-order valence-corrected chi connectivity index (χ4v) is 9.88. The van der Waals surface area contributed by atoms with E-state index in [4.69, 9.17) is 21.1 Å². The normalized spacial score (nSPS) is 16.6. The van der Waals surface area contributed by atoms with Crippen molar-refractivity contribution in [3.8, 4) is 22.6 Å². The van der Waals surface area contributed by atoms with Gasteiger partial charge in [-0.1, -0.05) is 60.1 Å². The molecular formula is C49H48ClN7O9. The molecule has 340 valence electrons. The van der Waals surface area contributed by atoms with Gasteiger partial charge in [0.2, 0.25) is 11.8 Å². The predicted octanol–water partition coefficient (Wildman–Crippen LogP) is 5.80. The molecule has 1 unspecified atom stereocenters. The lowest BCUT2D eigenvalue weighted by Gasteiger charge is -2.35. The Morgan fingerprint density at radius 1 is 0.833 bits per heavy atom. The monoisotopic (exact) mass is 913 g/mol. The summed E-state index contributed by atoms with van der Waals surface area (Å²) in [6.45, 7) is 6.46. The first-order chi connectivity index (χ1) is 31.8. The van der Waals surface area contributed by atoms with E-state index in [9.17, 15) is 33.9 Å². The van der Waals surface area contributed by atoms with Crippen molar-refractivity contribution < 1.29 is 43.3 Å². The second-order valence-electron chi connectivity index (χ2n) is 16.8. The second-order valence-corrected chi connectivity index (χ2v) is 17.2. The first kappa shape index (κ1) is 44.2. The van der Waals surface area contributed by atoms with Crippen molar-refractivity contribution in [3.63, 3.8) is 0 Å². The van der Waals surface area contributed by atoms with Gasteiger partial charge in [-0.05, 0) is 68.3 Å². The SMILES string of the molecule is Cc1nn(C)c(C)c1-c1c(Cl)ccc2c(CCCOc3cccc4ccccc34)c(C(=O)O)n(CCN3CCN(C(=O)COc4cccc5c4C(=O)N(C4CCC(=O)NC4=O)C5=O)CC3)c12. The lowest BCUT2D eigenvalue weighted by atomic mass is 9.98. The van der Waals surface area contributed by atoms with Gasteiger partial charge in [-0.3, -0.25) is 43.8 Å². The molecule has 1 atom stereocenters. The highest BCUT2D eigenvalue weighted by molar-refractivity contribution is 6.35. The quantitative estimate of drug-likeness (QED) is 0.0995. The van der Waals surface area contributed by atoms with Gasteiger partial charge < -0.3 is 24.0 Å². The molecule has 6 aromatic rings. The van der Waals surface area contributed by atoms with Crippen LogP contribution in [0.25, 0.3) is 32.8 Å². The van der Waals surface area contributed by atoms with Crippen LogP contribution in [0, 0.1) is 13.8 Å². The number of halogens is 1. The number of aromatic nitrogens is 3. The Labute approximate surface area is 384 Å². The minimum absolute atomic E-state index is 0.00567. The van der Waals surface area contributed by atoms with Crippen molar-refractivity contribution in [3.05, 3.63) is 112 Å². The molecule has 0 bridgehead atoms. The van der Waals surface area contributed by atoms with E-state index in [1.165, 1.54) is 12.1 Å². The van der Waals surface area contributed by atoms with Crippen molar-refractivity contribution >= 4 is 68.8 Å². The lowest BCUT2D eigenvalue weighted by Crippen LogP contribution is -2.54. The number of carbonyl (C=O) groups excluding carboxylic acids is 5. The van der Waals surface area contributed by atoms with Crippen LogP contribution in [0.4, 0.5) is 0 Å². The summed E-state index contributed by atoms with van der Waals surface area (Å²) in [6, 6.07) is 21.1. The molecule has 5 amide bonds. The van der Waals surface area contributed by atoms with Gasteiger partial charge >= 0.3 is 5.97 Å². The third-order valence-corrected chi connectivity index (χ3v) is 13.3. The van der Waals surface area contributed by atoms with Gasteiger partial charge in [-0.15, -0.1) is 0 Å². The van der Waals surface area contributed by atoms with E-state index in [0.717, 1.165) is 54.8 Å². The number of nitrogens with zero attached hydrogens (tertiary/aromatic N) is 6. The van der Waals surface area contributed by atoms with Gasteiger partial charge in [0.15, 0.2) is 6.61 Å². The van der Waals surface area contributed by atoms with E-state index in [0.29, 0.717) is 69.3 Å². The van der Waals surface area contributed by atoms with Crippen LogP contribution < -0.4 is 14.8 Å². The minimum Gasteiger partial charge on any atom is -0.493 e. The van der Waals surface area contributed by atoms with Crippen molar-refractivity contribution in [1.29, 1.82) is 0 Å². The van der Waals surface area contributed by atoms with Crippen LogP contribution >= 0.6 is 11.6 Å². The second kappa shape index (κ2) is 18.1. The number of hydrogen-bond donors (Lipinski definition) is 2. The topological polar surface area (TPSA) is 186 Å². The Bertz CT molecular complexity index is 2980. The lowest BCUT2D eigenvalue weighted by molar-refractivity contribution is -0.136. The summed E-state index contributed by atoms with van der Waals surface area (Å²) in [5, 5.41) is 21.2. The molecule has 3 aliphatic rings. The predicted molar refractivity (Wildman–Crippen MR) is 245 cm³/mol. The van der Waals surface area contributed by atoms with E-state index < -0.39 is 35.6 Å². The molecule has 2 saturated heterocycles. The number of amides is 5. The summed E-state index contributed by atoms with van der Waals surface area (Å²) in [5.41, 5.74) is 4.90. The molecule has 16 nitrogen and oxygen atoms in total. The van der Waals surface area contributed by atoms with Crippen molar-refractivity contribution in [2.75, 3.05) is 45.9 Å². The highest BCUT2D eigenvalue weighted by Gasteiger charge is 2.46. The fourth-order valence-electron chi connectivity index (χ4n) is 9.64. The molecule has 0 spiro atoms. The summed E-state index contributed by atoms with van der Waals surface area (Å²) in [6.07, 6.45) is 1.02. The molecule has 66 heavy (non-hydrogen) atoms. The molecular weight excluding hydrogens is 866 g/mol. The molecule has 0 aliphatic carbocycles. The van der Waals surface area contributed by atoms with E-state index >= 15 is 0 Å². The number of benzene rings is 4. The largest absolute Gasteiger partial charge is 0.493 e. The average molecular weight is 914 g/mol. The van der Waals surface area contributed by atoms with Crippen molar-refractivity contribution in [1.82, 2.24) is 34.4 Å². The third kappa shape index (κ3) is 8.04. The molecule has 2 aromatic heterocycles. The first-order valence-corrected chi connectivity index (χ1v) is 22.4. The summed E-state index contributed by atoms with van der Waals surface area (Å²) < 4.78 is 15.8. The van der Waals surface area contributed by atoms with Crippen LogP contribution in [0.3, 0.4) is 0 Å². The maximum Gasteiger partial charge on any atom is 0.352 e. The third-order valence-electron chi connectivity index (χ3n) is 13.0. The Morgan fingerprint density at radius 3 is 2.32 bits per heavy atom. The summed E-state index contributed by atoms with van der Waals surface area (Å²) in [5.74, 6) is -3.11. The number of carbonyl (C=O) groups is 6. The van der Waals surface area contributed by atoms with E-state index in [1.54, 1.807) is 15.6 Å². The number of aryl methyl sites for hydroxylation is 3. The van der Waals surface area contributed by atoms with Gasteiger partial charge in [0, 0.05) is 80.3 Å². The maximum absolute atomic E-state index is 13.5. The minimum atomic E-state index is -1.13. The Hall–Kier alpha value is -7.04. The highest BCUT2D eigenvalue weighted by Crippen LogP contribution is 2.42. The summed E-state index contributed by atoms with van der Waals surface area (Å²) >= 11 is 7.06. The maximum atomic E-state index is 13.5. The van der Waals surface area contributed by atoms with Crippen LogP contribution in [0.15, 0.2) is 72.8 Å². The van der Waals surface area contributed by atoms with E-state index in [1.807, 2.05) is 80.1 Å². The molecule has 2 N–H and O–H groups in total. The van der Waals surface area contributed by atoms with Crippen LogP contribution in [0.5, 0.6) is 11.5 Å². The number of hydrogen-bond acceptors (Lipinski definition) is 10. The fraction of sp³-hybridized carbons (Fsp3) is 0.327. The zero-order valence-corrected chi connectivity index (χ0v) is 37.5. The molecule has 5 heterocycles. The molecule has 9 rings (SSSR count). The Balaban J connectivity index is 0.900. The molecule has 3 aliphatic heterocycles. The van der Waals surface area contributed by atoms with E-state index in [2.05, 4.69) is 15.3 Å². The molecule has 0 radical (unpaired) electrons. The van der Waals surface area contributed by atoms with Crippen LogP contribution in [0.2, 0.25) is 5.02 Å². The number of aromatic carboxylic acids is 1. The van der Waals surface area contributed by atoms with Gasteiger partial charge in [0.05, 0.1) is 34.0 Å². The van der Waals surface area contributed by atoms with Gasteiger partial charge in [-0.2, -0.15) is 5.10 Å². The van der Waals surface area contributed by atoms with Crippen LogP contribution in [0.1, 0.15) is 67.4 Å². The van der Waals surface area contributed by atoms with Gasteiger partial charge in [0.25, 0.3) is 17.7 Å². The number of carboxylic acids is 1. The number of fused-ring (bicyclic) bond motifs is 3. The standard InChI is InChI=1S/C49H48ClN7O9/c1-28-41(29(2)53(3)52-28)43-35(50)17-16-33-32(13-8-26-65-37-14-6-10-30-9-4-5-11-31(30)37)45(49(63)64)56(44(33)43)25-22-54-20-23-55(24-21-54)40(59)27-66-38-15-7-12-34-42(38)48(62)57(47(34)61)36-18-19-39(58)51-46(36)60/h4-7,9-12,14-17,36H,8,13,18-27H2,1-3H3,(H,63,64)(H,51,58,60). The molecule has 17 heteroatoms. The number of piperazine rings is 1. The summed E-state index contributed by atoms with van der Waals surface area (Å²) in [4.78, 5) is 82.7. The number of nitrogens with one attached hydrogen (secondary N) is 1. The van der Waals surface area contributed by atoms with Gasteiger partial charge in [-0.25, -0.2) is 4.79 Å². The number of ether oxygens (including phenoxy) is 2.